The first-order chi connectivity index (χ1) is 4.65. The van der Waals surface area contributed by atoms with Gasteiger partial charge in [0.15, 0.2) is 14.1 Å². The van der Waals surface area contributed by atoms with Gasteiger partial charge in [-0.1, -0.05) is 0 Å². The Balaban J connectivity index is 4.25. The van der Waals surface area contributed by atoms with E-state index in [1.165, 1.54) is 0 Å². The van der Waals surface area contributed by atoms with E-state index < -0.39 is 13.9 Å². The summed E-state index contributed by atoms with van der Waals surface area (Å²) in [7, 11) is -1.58. The van der Waals surface area contributed by atoms with E-state index in [0.29, 0.717) is 0 Å². The summed E-state index contributed by atoms with van der Waals surface area (Å²) in [5.41, 5.74) is -0.593. The van der Waals surface area contributed by atoms with Gasteiger partial charge in [-0.2, -0.15) is 0 Å². The van der Waals surface area contributed by atoms with E-state index in [2.05, 4.69) is 19.6 Å². The predicted octanol–water partition coefficient (Wildman–Crippen LogP) is 2.21. The van der Waals surface area contributed by atoms with Crippen molar-refractivity contribution < 1.29 is 9.22 Å². The zero-order valence-electron chi connectivity index (χ0n) is 8.32. The van der Waals surface area contributed by atoms with E-state index in [9.17, 15) is 4.79 Å². The molecule has 0 aliphatic carbocycles. The molecule has 0 aromatic carbocycles. The summed E-state index contributed by atoms with van der Waals surface area (Å²) < 4.78 is 5.68. The van der Waals surface area contributed by atoms with Gasteiger partial charge in [0.1, 0.15) is 5.60 Å². The lowest BCUT2D eigenvalue weighted by atomic mass is 10.1. The van der Waals surface area contributed by atoms with Crippen LogP contribution in [0.4, 0.5) is 0 Å². The Morgan fingerprint density at radius 3 is 1.73 bits per heavy atom. The van der Waals surface area contributed by atoms with Crippen molar-refractivity contribution in [3.63, 3.8) is 0 Å². The van der Waals surface area contributed by atoms with E-state index in [1.807, 2.05) is 13.8 Å². The molecule has 2 nitrogen and oxygen atoms in total. The Morgan fingerprint density at radius 2 is 1.64 bits per heavy atom. The van der Waals surface area contributed by atoms with Gasteiger partial charge in [0.05, 0.1) is 0 Å². The Morgan fingerprint density at radius 1 is 1.27 bits per heavy atom. The molecule has 0 amide bonds. The van der Waals surface area contributed by atoms with Gasteiger partial charge in [0, 0.05) is 0 Å². The molecule has 0 saturated heterocycles. The maximum atomic E-state index is 11.0. The third kappa shape index (κ3) is 4.32. The summed E-state index contributed by atoms with van der Waals surface area (Å²) in [5, 5.41) is 0. The molecule has 3 heteroatoms. The van der Waals surface area contributed by atoms with Crippen molar-refractivity contribution in [3.05, 3.63) is 0 Å². The fourth-order valence-electron chi connectivity index (χ4n) is 0.837. The lowest BCUT2D eigenvalue weighted by Crippen LogP contribution is -2.43. The van der Waals surface area contributed by atoms with E-state index in [0.717, 1.165) is 0 Å². The fraction of sp³-hybridized carbons (Fsp3) is 0.875. The number of Topliss-reactive ketones (excluding diaryl/α,β-unsaturated/α-hetero) is 1. The molecule has 0 fully saturated rings. The molecule has 0 aliphatic rings. The summed E-state index contributed by atoms with van der Waals surface area (Å²) in [6.07, 6.45) is 0. The number of carbonyl (C=O) groups excluding carboxylic acids is 1. The molecule has 0 bridgehead atoms. The van der Waals surface area contributed by atoms with Gasteiger partial charge in [-0.15, -0.1) is 0 Å². The maximum Gasteiger partial charge on any atom is 0.185 e. The predicted molar refractivity (Wildman–Crippen MR) is 49.2 cm³/mol. The monoisotopic (exact) mass is 174 g/mol. The molecule has 11 heavy (non-hydrogen) atoms. The van der Waals surface area contributed by atoms with Crippen molar-refractivity contribution >= 4 is 14.1 Å². The minimum Gasteiger partial charge on any atom is -0.406 e. The van der Waals surface area contributed by atoms with Crippen LogP contribution in [0.25, 0.3) is 0 Å². The van der Waals surface area contributed by atoms with Crippen LogP contribution in [-0.4, -0.2) is 19.7 Å². The highest BCUT2D eigenvalue weighted by Gasteiger charge is 2.30. The van der Waals surface area contributed by atoms with Crippen LogP contribution in [0.15, 0.2) is 0 Å². The second-order valence-electron chi connectivity index (χ2n) is 4.28. The second-order valence-corrected chi connectivity index (χ2v) is 8.71. The average Bonchev–Trinajstić information content (AvgIpc) is 1.56. The van der Waals surface area contributed by atoms with Crippen LogP contribution in [0.1, 0.15) is 20.8 Å². The largest absolute Gasteiger partial charge is 0.406 e. The smallest absolute Gasteiger partial charge is 0.185 e. The van der Waals surface area contributed by atoms with Crippen LogP contribution < -0.4 is 0 Å². The minimum absolute atomic E-state index is 0.0972. The molecule has 0 atom stereocenters. The van der Waals surface area contributed by atoms with Crippen molar-refractivity contribution in [2.75, 3.05) is 0 Å². The van der Waals surface area contributed by atoms with Gasteiger partial charge in [0.2, 0.25) is 0 Å². The topological polar surface area (TPSA) is 26.3 Å². The number of hydrogen-bond donors (Lipinski definition) is 0. The molecule has 0 N–H and O–H groups in total. The SMILES string of the molecule is CC(=O)C(C)(C)O[Si](C)(C)C. The first kappa shape index (κ1) is 10.8. The highest BCUT2D eigenvalue weighted by Crippen LogP contribution is 2.17. The van der Waals surface area contributed by atoms with Crippen molar-refractivity contribution in [2.24, 2.45) is 0 Å². The van der Waals surface area contributed by atoms with Crippen LogP contribution in [0.3, 0.4) is 0 Å². The third-order valence-corrected chi connectivity index (χ3v) is 2.53. The quantitative estimate of drug-likeness (QED) is 0.613. The summed E-state index contributed by atoms with van der Waals surface area (Å²) in [6.45, 7) is 11.5. The highest BCUT2D eigenvalue weighted by atomic mass is 28.4. The summed E-state index contributed by atoms with van der Waals surface area (Å²) in [5.74, 6) is 0.0972. The van der Waals surface area contributed by atoms with Crippen LogP contribution in [-0.2, 0) is 9.22 Å². The molecule has 66 valence electrons. The van der Waals surface area contributed by atoms with Gasteiger partial charge in [0.25, 0.3) is 0 Å². The summed E-state index contributed by atoms with van der Waals surface area (Å²) >= 11 is 0. The van der Waals surface area contributed by atoms with Crippen LogP contribution in [0.2, 0.25) is 19.6 Å². The lowest BCUT2D eigenvalue weighted by molar-refractivity contribution is -0.130. The number of rotatable bonds is 3. The van der Waals surface area contributed by atoms with Crippen molar-refractivity contribution in [3.8, 4) is 0 Å². The van der Waals surface area contributed by atoms with Gasteiger partial charge in [-0.25, -0.2) is 0 Å². The van der Waals surface area contributed by atoms with E-state index >= 15 is 0 Å². The van der Waals surface area contributed by atoms with Crippen molar-refractivity contribution in [1.29, 1.82) is 0 Å². The highest BCUT2D eigenvalue weighted by molar-refractivity contribution is 6.70. The molecule has 0 aromatic heterocycles. The van der Waals surface area contributed by atoms with Crippen molar-refractivity contribution in [2.45, 2.75) is 46.0 Å². The van der Waals surface area contributed by atoms with Crippen LogP contribution in [0, 0.1) is 0 Å². The Labute approximate surface area is 70.1 Å². The Bertz CT molecular complexity index is 156. The van der Waals surface area contributed by atoms with Crippen molar-refractivity contribution in [1.82, 2.24) is 0 Å². The fourth-order valence-corrected chi connectivity index (χ4v) is 2.51. The zero-order valence-corrected chi connectivity index (χ0v) is 9.32. The zero-order chi connectivity index (χ0) is 9.28. The number of hydrogen-bond acceptors (Lipinski definition) is 2. The summed E-state index contributed by atoms with van der Waals surface area (Å²) in [4.78, 5) is 11.0. The van der Waals surface area contributed by atoms with E-state index in [1.54, 1.807) is 6.92 Å². The Hall–Kier alpha value is -0.153. The molecule has 0 saturated carbocycles. The summed E-state index contributed by atoms with van der Waals surface area (Å²) in [6, 6.07) is 0. The maximum absolute atomic E-state index is 11.0. The Kier molecular flexibility index (Phi) is 3.03. The first-order valence-corrected chi connectivity index (χ1v) is 7.27. The van der Waals surface area contributed by atoms with E-state index in [-0.39, 0.29) is 5.78 Å². The molecule has 0 radical (unpaired) electrons. The normalized spacial score (nSPS) is 13.3. The molecular weight excluding hydrogens is 156 g/mol. The van der Waals surface area contributed by atoms with Gasteiger partial charge < -0.3 is 4.43 Å². The van der Waals surface area contributed by atoms with E-state index in [4.69, 9.17) is 4.43 Å². The van der Waals surface area contributed by atoms with Crippen LogP contribution >= 0.6 is 0 Å². The molecule has 0 aliphatic heterocycles. The molecule has 0 rings (SSSR count). The van der Waals surface area contributed by atoms with Gasteiger partial charge in [-0.05, 0) is 40.4 Å². The molecule has 0 unspecified atom stereocenters. The second kappa shape index (κ2) is 3.07. The average molecular weight is 174 g/mol. The molecule has 0 spiro atoms. The molecule has 0 heterocycles. The third-order valence-electron chi connectivity index (χ3n) is 1.41. The number of carbonyl (C=O) groups is 1. The molecule has 0 aromatic rings. The standard InChI is InChI=1S/C8H18O2Si/c1-7(9)8(2,3)10-11(4,5)6/h1-6H3. The first-order valence-electron chi connectivity index (χ1n) is 3.86. The minimum atomic E-state index is -1.58. The lowest BCUT2D eigenvalue weighted by Gasteiger charge is -2.30. The van der Waals surface area contributed by atoms with Gasteiger partial charge >= 0.3 is 0 Å². The van der Waals surface area contributed by atoms with Gasteiger partial charge in [-0.3, -0.25) is 4.79 Å². The van der Waals surface area contributed by atoms with Crippen LogP contribution in [0.5, 0.6) is 0 Å². The number of ketones is 1. The molecular formula is C8H18O2Si.